The van der Waals surface area contributed by atoms with Gasteiger partial charge in [-0.1, -0.05) is 12.1 Å². The minimum absolute atomic E-state index is 0.0725. The molecule has 1 amide bonds. The number of thiophene rings is 1. The highest BCUT2D eigenvalue weighted by Crippen LogP contribution is 2.30. The van der Waals surface area contributed by atoms with Gasteiger partial charge >= 0.3 is 0 Å². The highest BCUT2D eigenvalue weighted by molar-refractivity contribution is 7.17. The van der Waals surface area contributed by atoms with E-state index in [2.05, 4.69) is 4.98 Å². The van der Waals surface area contributed by atoms with Gasteiger partial charge in [0.1, 0.15) is 10.6 Å². The molecule has 2 N–H and O–H groups in total. The Morgan fingerprint density at radius 3 is 2.73 bits per heavy atom. The number of nitrogens with two attached hydrogens (primary N) is 1. The molecule has 0 aliphatic rings. The SMILES string of the molecule is NC(=O)CCn1cnc2scc(-c3ccc(F)cc3)c2c1=O. The first-order valence-electron chi connectivity index (χ1n) is 6.57. The number of aryl methyl sites for hydroxylation is 1. The Hall–Kier alpha value is -2.54. The normalized spacial score (nSPS) is 11.0. The number of benzene rings is 1. The quantitative estimate of drug-likeness (QED) is 0.801. The van der Waals surface area contributed by atoms with Crippen molar-refractivity contribution in [2.45, 2.75) is 13.0 Å². The highest BCUT2D eigenvalue weighted by atomic mass is 32.1. The van der Waals surface area contributed by atoms with Crippen molar-refractivity contribution < 1.29 is 9.18 Å². The second-order valence-electron chi connectivity index (χ2n) is 4.80. The molecule has 0 bridgehead atoms. The van der Waals surface area contributed by atoms with E-state index < -0.39 is 5.91 Å². The molecule has 1 aromatic carbocycles. The zero-order valence-corrected chi connectivity index (χ0v) is 12.3. The molecule has 0 saturated carbocycles. The Labute approximate surface area is 128 Å². The van der Waals surface area contributed by atoms with Crippen LogP contribution in [0.25, 0.3) is 21.3 Å². The first-order valence-corrected chi connectivity index (χ1v) is 7.45. The van der Waals surface area contributed by atoms with E-state index in [4.69, 9.17) is 5.73 Å². The van der Waals surface area contributed by atoms with Crippen LogP contribution in [0.5, 0.6) is 0 Å². The van der Waals surface area contributed by atoms with Crippen molar-refractivity contribution in [3.8, 4) is 11.1 Å². The van der Waals surface area contributed by atoms with Gasteiger partial charge in [-0.2, -0.15) is 0 Å². The van der Waals surface area contributed by atoms with Crippen LogP contribution in [0.1, 0.15) is 6.42 Å². The zero-order chi connectivity index (χ0) is 15.7. The van der Waals surface area contributed by atoms with Crippen LogP contribution in [-0.4, -0.2) is 15.5 Å². The van der Waals surface area contributed by atoms with Crippen LogP contribution in [0, 0.1) is 5.82 Å². The predicted octanol–water partition coefficient (Wildman–Crippen LogP) is 2.14. The standard InChI is InChI=1S/C15H12FN3O2S/c16-10-3-1-9(2-4-10)11-7-22-14-13(11)15(21)19(8-18-14)6-5-12(17)20/h1-4,7-8H,5-6H2,(H2,17,20). The van der Waals surface area contributed by atoms with Crippen LogP contribution < -0.4 is 11.3 Å². The van der Waals surface area contributed by atoms with Crippen LogP contribution >= 0.6 is 11.3 Å². The van der Waals surface area contributed by atoms with Gasteiger partial charge in [-0.25, -0.2) is 9.37 Å². The maximum atomic E-state index is 13.0. The number of hydrogen-bond donors (Lipinski definition) is 1. The van der Waals surface area contributed by atoms with Crippen molar-refractivity contribution >= 4 is 27.5 Å². The molecule has 0 spiro atoms. The molecule has 5 nitrogen and oxygen atoms in total. The second kappa shape index (κ2) is 5.69. The van der Waals surface area contributed by atoms with Gasteiger partial charge in [0.2, 0.25) is 5.91 Å². The summed E-state index contributed by atoms with van der Waals surface area (Å²) in [5.41, 5.74) is 6.34. The maximum Gasteiger partial charge on any atom is 0.262 e. The number of halogens is 1. The fraction of sp³-hybridized carbons (Fsp3) is 0.133. The van der Waals surface area contributed by atoms with E-state index in [1.165, 1.54) is 34.4 Å². The average Bonchev–Trinajstić information content (AvgIpc) is 2.92. The third-order valence-electron chi connectivity index (χ3n) is 3.32. The smallest absolute Gasteiger partial charge is 0.262 e. The molecule has 3 aromatic rings. The molecule has 2 heterocycles. The predicted molar refractivity (Wildman–Crippen MR) is 83.1 cm³/mol. The van der Waals surface area contributed by atoms with E-state index in [0.717, 1.165) is 5.56 Å². The molecule has 112 valence electrons. The van der Waals surface area contributed by atoms with Gasteiger partial charge in [0, 0.05) is 23.9 Å². The first kappa shape index (κ1) is 14.4. The third kappa shape index (κ3) is 2.62. The number of rotatable bonds is 4. The average molecular weight is 317 g/mol. The number of amides is 1. The van der Waals surface area contributed by atoms with Gasteiger partial charge in [-0.15, -0.1) is 11.3 Å². The molecule has 0 fully saturated rings. The Morgan fingerprint density at radius 1 is 1.32 bits per heavy atom. The lowest BCUT2D eigenvalue weighted by atomic mass is 10.1. The lowest BCUT2D eigenvalue weighted by Gasteiger charge is -2.04. The Morgan fingerprint density at radius 2 is 2.05 bits per heavy atom. The van der Waals surface area contributed by atoms with Crippen molar-refractivity contribution in [1.29, 1.82) is 0 Å². The monoisotopic (exact) mass is 317 g/mol. The second-order valence-corrected chi connectivity index (χ2v) is 5.65. The third-order valence-corrected chi connectivity index (χ3v) is 4.20. The zero-order valence-electron chi connectivity index (χ0n) is 11.5. The van der Waals surface area contributed by atoms with Crippen LogP contribution in [-0.2, 0) is 11.3 Å². The highest BCUT2D eigenvalue weighted by Gasteiger charge is 2.13. The summed E-state index contributed by atoms with van der Waals surface area (Å²) in [6.45, 7) is 0.190. The van der Waals surface area contributed by atoms with Crippen molar-refractivity contribution in [2.24, 2.45) is 5.73 Å². The molecule has 2 aromatic heterocycles. The molecule has 7 heteroatoms. The van der Waals surface area contributed by atoms with E-state index in [-0.39, 0.29) is 24.3 Å². The minimum Gasteiger partial charge on any atom is -0.370 e. The van der Waals surface area contributed by atoms with E-state index >= 15 is 0 Å². The largest absolute Gasteiger partial charge is 0.370 e. The summed E-state index contributed by atoms with van der Waals surface area (Å²) in [4.78, 5) is 28.3. The molecule has 0 radical (unpaired) electrons. The molecular weight excluding hydrogens is 305 g/mol. The summed E-state index contributed by atoms with van der Waals surface area (Å²) in [5.74, 6) is -0.809. The van der Waals surface area contributed by atoms with Crippen molar-refractivity contribution in [1.82, 2.24) is 9.55 Å². The van der Waals surface area contributed by atoms with Crippen molar-refractivity contribution in [3.63, 3.8) is 0 Å². The van der Waals surface area contributed by atoms with Gasteiger partial charge in [-0.3, -0.25) is 14.2 Å². The fourth-order valence-corrected chi connectivity index (χ4v) is 3.11. The fourth-order valence-electron chi connectivity index (χ4n) is 2.20. The summed E-state index contributed by atoms with van der Waals surface area (Å²) < 4.78 is 14.4. The summed E-state index contributed by atoms with van der Waals surface area (Å²) in [7, 11) is 0. The number of primary amides is 1. The van der Waals surface area contributed by atoms with Gasteiger partial charge in [0.05, 0.1) is 11.7 Å². The number of nitrogens with zero attached hydrogens (tertiary/aromatic N) is 2. The summed E-state index contributed by atoms with van der Waals surface area (Å²) in [6, 6.07) is 5.94. The minimum atomic E-state index is -0.476. The van der Waals surface area contributed by atoms with E-state index in [1.54, 1.807) is 12.1 Å². The maximum absolute atomic E-state index is 13.0. The van der Waals surface area contributed by atoms with E-state index in [9.17, 15) is 14.0 Å². The van der Waals surface area contributed by atoms with Gasteiger partial charge < -0.3 is 5.73 Å². The Kier molecular flexibility index (Phi) is 3.72. The van der Waals surface area contributed by atoms with Crippen molar-refractivity contribution in [2.75, 3.05) is 0 Å². The van der Waals surface area contributed by atoms with E-state index in [1.807, 2.05) is 5.38 Å². The molecular formula is C15H12FN3O2S. The summed E-state index contributed by atoms with van der Waals surface area (Å²) >= 11 is 1.35. The van der Waals surface area contributed by atoms with Crippen LogP contribution in [0.2, 0.25) is 0 Å². The summed E-state index contributed by atoms with van der Waals surface area (Å²) in [6.07, 6.45) is 1.49. The van der Waals surface area contributed by atoms with Crippen LogP contribution in [0.15, 0.2) is 40.8 Å². The molecule has 0 atom stereocenters. The Balaban J connectivity index is 2.12. The van der Waals surface area contributed by atoms with Gasteiger partial charge in [0.25, 0.3) is 5.56 Å². The Bertz CT molecular complexity index is 899. The molecule has 0 aliphatic carbocycles. The van der Waals surface area contributed by atoms with Crippen LogP contribution in [0.3, 0.4) is 0 Å². The number of aromatic nitrogens is 2. The molecule has 22 heavy (non-hydrogen) atoms. The lowest BCUT2D eigenvalue weighted by molar-refractivity contribution is -0.118. The first-order chi connectivity index (χ1) is 10.6. The van der Waals surface area contributed by atoms with Crippen LogP contribution in [0.4, 0.5) is 4.39 Å². The summed E-state index contributed by atoms with van der Waals surface area (Å²) in [5, 5.41) is 2.30. The molecule has 3 rings (SSSR count). The topological polar surface area (TPSA) is 78.0 Å². The van der Waals surface area contributed by atoms with Crippen molar-refractivity contribution in [3.05, 3.63) is 52.1 Å². The number of fused-ring (bicyclic) bond motifs is 1. The molecule has 0 saturated heterocycles. The molecule has 0 unspecified atom stereocenters. The number of carbonyl (C=O) groups is 1. The van der Waals surface area contributed by atoms with Gasteiger partial charge in [0.15, 0.2) is 0 Å². The number of hydrogen-bond acceptors (Lipinski definition) is 4. The van der Waals surface area contributed by atoms with Gasteiger partial charge in [-0.05, 0) is 17.7 Å². The lowest BCUT2D eigenvalue weighted by Crippen LogP contribution is -2.23. The number of carbonyl (C=O) groups excluding carboxylic acids is 1. The van der Waals surface area contributed by atoms with E-state index in [0.29, 0.717) is 15.8 Å². The molecule has 0 aliphatic heterocycles.